The summed E-state index contributed by atoms with van der Waals surface area (Å²) in [6.07, 6.45) is 1.40. The van der Waals surface area contributed by atoms with Gasteiger partial charge in [-0.15, -0.1) is 0 Å². The van der Waals surface area contributed by atoms with E-state index in [2.05, 4.69) is 31.3 Å². The molecule has 1 aromatic heterocycles. The minimum absolute atomic E-state index is 0.0639. The number of carbonyl (C=O) groups is 1. The van der Waals surface area contributed by atoms with Gasteiger partial charge in [0.15, 0.2) is 6.61 Å². The van der Waals surface area contributed by atoms with Crippen LogP contribution in [-0.2, 0) is 10.2 Å². The molecule has 0 aliphatic carbocycles. The molecule has 7 heteroatoms. The van der Waals surface area contributed by atoms with Crippen LogP contribution in [0.3, 0.4) is 0 Å². The molecular formula is C23H22Cl2N2O3. The third-order valence-electron chi connectivity index (χ3n) is 4.32. The molecule has 1 heterocycles. The van der Waals surface area contributed by atoms with Crippen molar-refractivity contribution in [1.82, 2.24) is 5.43 Å². The second-order valence-electron chi connectivity index (χ2n) is 7.66. The van der Waals surface area contributed by atoms with Crippen molar-refractivity contribution in [2.45, 2.75) is 26.2 Å². The predicted octanol–water partition coefficient (Wildman–Crippen LogP) is 6.08. The van der Waals surface area contributed by atoms with Gasteiger partial charge in [-0.3, -0.25) is 4.79 Å². The first-order valence-electron chi connectivity index (χ1n) is 9.33. The van der Waals surface area contributed by atoms with E-state index in [0.717, 1.165) is 0 Å². The first kappa shape index (κ1) is 21.9. The van der Waals surface area contributed by atoms with Crippen molar-refractivity contribution < 1.29 is 13.9 Å². The van der Waals surface area contributed by atoms with Crippen LogP contribution in [0.25, 0.3) is 11.3 Å². The lowest BCUT2D eigenvalue weighted by atomic mass is 9.87. The molecule has 0 saturated carbocycles. The first-order valence-corrected chi connectivity index (χ1v) is 10.1. The number of amides is 1. The molecule has 2 aromatic carbocycles. The van der Waals surface area contributed by atoms with E-state index in [1.165, 1.54) is 11.8 Å². The summed E-state index contributed by atoms with van der Waals surface area (Å²) >= 11 is 12.2. The minimum Gasteiger partial charge on any atom is -0.484 e. The first-order chi connectivity index (χ1) is 14.2. The van der Waals surface area contributed by atoms with Crippen LogP contribution < -0.4 is 10.2 Å². The number of benzene rings is 2. The molecule has 156 valence electrons. The molecule has 0 bridgehead atoms. The number of hydrogen-bond donors (Lipinski definition) is 1. The summed E-state index contributed by atoms with van der Waals surface area (Å²) in [5, 5.41) is 4.75. The van der Waals surface area contributed by atoms with Crippen molar-refractivity contribution in [1.29, 1.82) is 0 Å². The summed E-state index contributed by atoms with van der Waals surface area (Å²) in [5.41, 5.74) is 4.34. The number of halogens is 2. The smallest absolute Gasteiger partial charge is 0.277 e. The van der Waals surface area contributed by atoms with Crippen LogP contribution in [0.15, 0.2) is 64.1 Å². The van der Waals surface area contributed by atoms with Crippen LogP contribution in [0.5, 0.6) is 5.75 Å². The highest BCUT2D eigenvalue weighted by Gasteiger charge is 2.13. The molecule has 3 rings (SSSR count). The lowest BCUT2D eigenvalue weighted by molar-refractivity contribution is -0.123. The molecule has 1 amide bonds. The SMILES string of the molecule is CC(C)(C)c1ccc(OCC(=O)N/N=C/c2ccc(-c3cccc(Cl)c3Cl)o2)cc1. The largest absolute Gasteiger partial charge is 0.484 e. The van der Waals surface area contributed by atoms with Crippen LogP contribution in [-0.4, -0.2) is 18.7 Å². The van der Waals surface area contributed by atoms with E-state index >= 15 is 0 Å². The molecule has 0 fully saturated rings. The Balaban J connectivity index is 1.51. The van der Waals surface area contributed by atoms with E-state index < -0.39 is 0 Å². The Morgan fingerprint density at radius 3 is 2.53 bits per heavy atom. The number of nitrogens with one attached hydrogen (secondary N) is 1. The van der Waals surface area contributed by atoms with Crippen molar-refractivity contribution in [3.05, 3.63) is 76.0 Å². The van der Waals surface area contributed by atoms with Gasteiger partial charge in [-0.1, -0.05) is 62.2 Å². The summed E-state index contributed by atoms with van der Waals surface area (Å²) in [4.78, 5) is 11.9. The topological polar surface area (TPSA) is 63.8 Å². The molecule has 3 aromatic rings. The number of ether oxygens (including phenoxy) is 1. The quantitative estimate of drug-likeness (QED) is 0.370. The van der Waals surface area contributed by atoms with Crippen molar-refractivity contribution in [3.63, 3.8) is 0 Å². The number of furan rings is 1. The van der Waals surface area contributed by atoms with Gasteiger partial charge in [-0.25, -0.2) is 5.43 Å². The molecule has 0 spiro atoms. The molecule has 0 unspecified atom stereocenters. The maximum absolute atomic E-state index is 11.9. The molecule has 0 aliphatic rings. The molecule has 0 atom stereocenters. The summed E-state index contributed by atoms with van der Waals surface area (Å²) in [6.45, 7) is 6.27. The number of carbonyl (C=O) groups excluding carboxylic acids is 1. The van der Waals surface area contributed by atoms with Gasteiger partial charge in [-0.05, 0) is 47.4 Å². The molecule has 1 N–H and O–H groups in total. The van der Waals surface area contributed by atoms with Gasteiger partial charge in [0, 0.05) is 5.56 Å². The van der Waals surface area contributed by atoms with E-state index in [1.54, 1.807) is 30.3 Å². The Kier molecular flexibility index (Phi) is 6.85. The van der Waals surface area contributed by atoms with Crippen molar-refractivity contribution >= 4 is 35.3 Å². The lowest BCUT2D eigenvalue weighted by Crippen LogP contribution is -2.24. The lowest BCUT2D eigenvalue weighted by Gasteiger charge is -2.19. The minimum atomic E-state index is -0.379. The van der Waals surface area contributed by atoms with Gasteiger partial charge in [0.2, 0.25) is 0 Å². The van der Waals surface area contributed by atoms with Gasteiger partial charge in [0.05, 0.1) is 16.3 Å². The molecule has 0 radical (unpaired) electrons. The fourth-order valence-electron chi connectivity index (χ4n) is 2.66. The van der Waals surface area contributed by atoms with Crippen LogP contribution >= 0.6 is 23.2 Å². The molecule has 0 saturated heterocycles. The van der Waals surface area contributed by atoms with Crippen LogP contribution in [0.4, 0.5) is 0 Å². The fraction of sp³-hybridized carbons (Fsp3) is 0.217. The highest BCUT2D eigenvalue weighted by molar-refractivity contribution is 6.43. The van der Waals surface area contributed by atoms with Gasteiger partial charge >= 0.3 is 0 Å². The fourth-order valence-corrected chi connectivity index (χ4v) is 3.05. The Hall–Kier alpha value is -2.76. The van der Waals surface area contributed by atoms with Crippen molar-refractivity contribution in [2.75, 3.05) is 6.61 Å². The van der Waals surface area contributed by atoms with Crippen molar-refractivity contribution in [2.24, 2.45) is 5.10 Å². The zero-order valence-electron chi connectivity index (χ0n) is 16.9. The third-order valence-corrected chi connectivity index (χ3v) is 5.13. The molecule has 0 aliphatic heterocycles. The van der Waals surface area contributed by atoms with E-state index in [0.29, 0.717) is 32.9 Å². The van der Waals surface area contributed by atoms with E-state index in [1.807, 2.05) is 24.3 Å². The standard InChI is InChI=1S/C23H22Cl2N2O3/c1-23(2,3)15-7-9-16(10-8-15)29-14-21(28)27-26-13-17-11-12-20(30-17)18-5-4-6-19(24)22(18)25/h4-13H,14H2,1-3H3,(H,27,28)/b26-13+. The van der Waals surface area contributed by atoms with Gasteiger partial charge in [-0.2, -0.15) is 5.10 Å². The molecular weight excluding hydrogens is 423 g/mol. The van der Waals surface area contributed by atoms with Gasteiger partial charge in [0.1, 0.15) is 17.3 Å². The monoisotopic (exact) mass is 444 g/mol. The normalized spacial score (nSPS) is 11.6. The van der Waals surface area contributed by atoms with E-state index in [9.17, 15) is 4.79 Å². The van der Waals surface area contributed by atoms with Crippen LogP contribution in [0.2, 0.25) is 10.0 Å². The van der Waals surface area contributed by atoms with Crippen LogP contribution in [0, 0.1) is 0 Å². The average Bonchev–Trinajstić information content (AvgIpc) is 3.17. The van der Waals surface area contributed by atoms with Gasteiger partial charge in [0.25, 0.3) is 5.91 Å². The predicted molar refractivity (Wildman–Crippen MR) is 121 cm³/mol. The van der Waals surface area contributed by atoms with Crippen LogP contribution in [0.1, 0.15) is 32.1 Å². The van der Waals surface area contributed by atoms with E-state index in [-0.39, 0.29) is 17.9 Å². The van der Waals surface area contributed by atoms with Gasteiger partial charge < -0.3 is 9.15 Å². The molecule has 5 nitrogen and oxygen atoms in total. The zero-order chi connectivity index (χ0) is 21.7. The summed E-state index contributed by atoms with van der Waals surface area (Å²) in [7, 11) is 0. The Labute approximate surface area is 185 Å². The Morgan fingerprint density at radius 2 is 1.83 bits per heavy atom. The number of nitrogens with zero attached hydrogens (tertiary/aromatic N) is 1. The maximum atomic E-state index is 11.9. The zero-order valence-corrected chi connectivity index (χ0v) is 18.4. The van der Waals surface area contributed by atoms with Crippen molar-refractivity contribution in [3.8, 4) is 17.1 Å². The molecule has 30 heavy (non-hydrogen) atoms. The third kappa shape index (κ3) is 5.65. The highest BCUT2D eigenvalue weighted by Crippen LogP contribution is 2.34. The summed E-state index contributed by atoms with van der Waals surface area (Å²) < 4.78 is 11.2. The second kappa shape index (κ2) is 9.37. The Bertz CT molecular complexity index is 1050. The maximum Gasteiger partial charge on any atom is 0.277 e. The second-order valence-corrected chi connectivity index (χ2v) is 8.44. The number of rotatable bonds is 6. The summed E-state index contributed by atoms with van der Waals surface area (Å²) in [6, 6.07) is 16.5. The Morgan fingerprint density at radius 1 is 1.10 bits per heavy atom. The number of hydrogen-bond acceptors (Lipinski definition) is 4. The van der Waals surface area contributed by atoms with E-state index in [4.69, 9.17) is 32.4 Å². The highest BCUT2D eigenvalue weighted by atomic mass is 35.5. The number of hydrazone groups is 1. The average molecular weight is 445 g/mol. The summed E-state index contributed by atoms with van der Waals surface area (Å²) in [5.74, 6) is 1.25.